The molecule has 0 radical (unpaired) electrons. The van der Waals surface area contributed by atoms with Crippen LogP contribution in [0.3, 0.4) is 0 Å². The van der Waals surface area contributed by atoms with E-state index in [2.05, 4.69) is 5.10 Å². The predicted molar refractivity (Wildman–Crippen MR) is 82.5 cm³/mol. The molecule has 0 aliphatic heterocycles. The Hall–Kier alpha value is -2.20. The number of aromatic nitrogens is 2. The number of fused-ring (bicyclic) bond motifs is 1. The summed E-state index contributed by atoms with van der Waals surface area (Å²) in [5.41, 5.74) is 9.72. The fraction of sp³-hybridized carbons (Fsp3) is 0.235. The molecule has 108 valence electrons. The molecule has 0 fully saturated rings. The minimum Gasteiger partial charge on any atom is -0.324 e. The molecule has 21 heavy (non-hydrogen) atoms. The molecule has 1 heterocycles. The molecule has 3 nitrogen and oxygen atoms in total. The van der Waals surface area contributed by atoms with Crippen molar-refractivity contribution in [2.45, 2.75) is 19.4 Å². The van der Waals surface area contributed by atoms with Crippen LogP contribution in [0.15, 0.2) is 42.5 Å². The highest BCUT2D eigenvalue weighted by Crippen LogP contribution is 2.24. The van der Waals surface area contributed by atoms with Crippen molar-refractivity contribution in [2.75, 3.05) is 0 Å². The van der Waals surface area contributed by atoms with Gasteiger partial charge in [0.1, 0.15) is 5.82 Å². The van der Waals surface area contributed by atoms with Crippen LogP contribution in [0.1, 0.15) is 22.9 Å². The summed E-state index contributed by atoms with van der Waals surface area (Å²) >= 11 is 0. The maximum Gasteiger partial charge on any atom is 0.128 e. The Balaban J connectivity index is 1.96. The van der Waals surface area contributed by atoms with E-state index in [0.717, 1.165) is 22.2 Å². The second-order valence-electron chi connectivity index (χ2n) is 5.42. The number of para-hydroxylation sites is 1. The molecule has 0 aliphatic rings. The van der Waals surface area contributed by atoms with E-state index in [1.165, 1.54) is 6.07 Å². The van der Waals surface area contributed by atoms with Crippen LogP contribution in [-0.4, -0.2) is 9.78 Å². The van der Waals surface area contributed by atoms with Crippen molar-refractivity contribution in [3.05, 3.63) is 65.1 Å². The van der Waals surface area contributed by atoms with Crippen LogP contribution in [0, 0.1) is 12.7 Å². The largest absolute Gasteiger partial charge is 0.324 e. The molecule has 2 N–H and O–H groups in total. The van der Waals surface area contributed by atoms with E-state index >= 15 is 0 Å². The van der Waals surface area contributed by atoms with Gasteiger partial charge in [0.25, 0.3) is 0 Å². The first-order valence-electron chi connectivity index (χ1n) is 6.98. The smallest absolute Gasteiger partial charge is 0.128 e. The predicted octanol–water partition coefficient (Wildman–Crippen LogP) is 3.26. The average Bonchev–Trinajstić information content (AvgIpc) is 2.78. The molecule has 0 aliphatic carbocycles. The number of benzene rings is 2. The van der Waals surface area contributed by atoms with Crippen LogP contribution in [0.25, 0.3) is 10.9 Å². The van der Waals surface area contributed by atoms with Crippen molar-refractivity contribution >= 4 is 10.9 Å². The van der Waals surface area contributed by atoms with Gasteiger partial charge in [-0.2, -0.15) is 5.10 Å². The summed E-state index contributed by atoms with van der Waals surface area (Å²) in [7, 11) is 1.91. The first-order chi connectivity index (χ1) is 10.1. The maximum atomic E-state index is 13.9. The second kappa shape index (κ2) is 5.30. The number of hydrogen-bond acceptors (Lipinski definition) is 2. The van der Waals surface area contributed by atoms with Gasteiger partial charge in [0, 0.05) is 30.5 Å². The standard InChI is InChI=1S/C17H18FN3/c1-11-7-8-14(18)13(9-11)15(19)10-16-12-5-3-4-6-17(12)21(2)20-16/h3-9,15H,10,19H2,1-2H3. The molecule has 0 spiro atoms. The van der Waals surface area contributed by atoms with Crippen molar-refractivity contribution in [1.82, 2.24) is 9.78 Å². The van der Waals surface area contributed by atoms with E-state index in [1.54, 1.807) is 6.07 Å². The third kappa shape index (κ3) is 2.54. The van der Waals surface area contributed by atoms with Crippen LogP contribution in [0.5, 0.6) is 0 Å². The van der Waals surface area contributed by atoms with E-state index in [0.29, 0.717) is 12.0 Å². The van der Waals surface area contributed by atoms with Crippen molar-refractivity contribution in [3.8, 4) is 0 Å². The minimum absolute atomic E-state index is 0.256. The number of aryl methyl sites for hydroxylation is 2. The van der Waals surface area contributed by atoms with Crippen molar-refractivity contribution in [3.63, 3.8) is 0 Å². The van der Waals surface area contributed by atoms with Gasteiger partial charge in [-0.15, -0.1) is 0 Å². The highest BCUT2D eigenvalue weighted by molar-refractivity contribution is 5.81. The second-order valence-corrected chi connectivity index (χ2v) is 5.42. The number of halogens is 1. The number of rotatable bonds is 3. The van der Waals surface area contributed by atoms with E-state index in [1.807, 2.05) is 49.0 Å². The zero-order valence-corrected chi connectivity index (χ0v) is 12.2. The molecule has 2 aromatic carbocycles. The molecule has 4 heteroatoms. The third-order valence-electron chi connectivity index (χ3n) is 3.80. The first-order valence-corrected chi connectivity index (χ1v) is 6.98. The van der Waals surface area contributed by atoms with Crippen LogP contribution >= 0.6 is 0 Å². The van der Waals surface area contributed by atoms with Crippen LogP contribution in [0.4, 0.5) is 4.39 Å². The highest BCUT2D eigenvalue weighted by Gasteiger charge is 2.16. The lowest BCUT2D eigenvalue weighted by Crippen LogP contribution is -2.15. The third-order valence-corrected chi connectivity index (χ3v) is 3.80. The molecule has 1 aromatic heterocycles. The summed E-state index contributed by atoms with van der Waals surface area (Å²) in [6.07, 6.45) is 0.516. The van der Waals surface area contributed by atoms with Crippen LogP contribution in [-0.2, 0) is 13.5 Å². The van der Waals surface area contributed by atoms with Gasteiger partial charge < -0.3 is 5.73 Å². The van der Waals surface area contributed by atoms with E-state index < -0.39 is 6.04 Å². The summed E-state index contributed by atoms with van der Waals surface area (Å²) in [5, 5.41) is 5.59. The fourth-order valence-corrected chi connectivity index (χ4v) is 2.71. The van der Waals surface area contributed by atoms with Crippen LogP contribution < -0.4 is 5.73 Å². The van der Waals surface area contributed by atoms with Crippen molar-refractivity contribution in [1.29, 1.82) is 0 Å². The lowest BCUT2D eigenvalue weighted by molar-refractivity contribution is 0.576. The number of nitrogens with two attached hydrogens (primary N) is 1. The zero-order chi connectivity index (χ0) is 15.0. The molecule has 0 bridgehead atoms. The summed E-state index contributed by atoms with van der Waals surface area (Å²) in [4.78, 5) is 0. The molecule has 0 amide bonds. The maximum absolute atomic E-state index is 13.9. The Morgan fingerprint density at radius 2 is 2.00 bits per heavy atom. The normalized spacial score (nSPS) is 12.8. The van der Waals surface area contributed by atoms with Gasteiger partial charge in [-0.25, -0.2) is 4.39 Å². The Labute approximate surface area is 123 Å². The van der Waals surface area contributed by atoms with Gasteiger partial charge in [-0.05, 0) is 19.1 Å². The summed E-state index contributed by atoms with van der Waals surface area (Å²) in [6, 6.07) is 12.6. The van der Waals surface area contributed by atoms with Gasteiger partial charge in [-0.3, -0.25) is 4.68 Å². The molecule has 3 aromatic rings. The first kappa shape index (κ1) is 13.8. The molecular formula is C17H18FN3. The van der Waals surface area contributed by atoms with E-state index in [9.17, 15) is 4.39 Å². The van der Waals surface area contributed by atoms with Crippen LogP contribution in [0.2, 0.25) is 0 Å². The van der Waals surface area contributed by atoms with Gasteiger partial charge in [0.15, 0.2) is 0 Å². The van der Waals surface area contributed by atoms with Gasteiger partial charge in [0.2, 0.25) is 0 Å². The molecule has 1 atom stereocenters. The topological polar surface area (TPSA) is 43.8 Å². The Morgan fingerprint density at radius 1 is 1.24 bits per heavy atom. The Kier molecular flexibility index (Phi) is 3.47. The van der Waals surface area contributed by atoms with E-state index in [4.69, 9.17) is 5.73 Å². The summed E-state index contributed by atoms with van der Waals surface area (Å²) in [6.45, 7) is 1.94. The lowest BCUT2D eigenvalue weighted by atomic mass is 9.99. The number of hydrogen-bond donors (Lipinski definition) is 1. The van der Waals surface area contributed by atoms with Gasteiger partial charge >= 0.3 is 0 Å². The monoisotopic (exact) mass is 283 g/mol. The van der Waals surface area contributed by atoms with E-state index in [-0.39, 0.29) is 5.82 Å². The molecule has 0 saturated carbocycles. The molecule has 1 unspecified atom stereocenters. The fourth-order valence-electron chi connectivity index (χ4n) is 2.71. The number of nitrogens with zero attached hydrogens (tertiary/aromatic N) is 2. The zero-order valence-electron chi connectivity index (χ0n) is 12.2. The van der Waals surface area contributed by atoms with Crippen molar-refractivity contribution in [2.24, 2.45) is 12.8 Å². The van der Waals surface area contributed by atoms with Gasteiger partial charge in [-0.1, -0.05) is 35.9 Å². The van der Waals surface area contributed by atoms with Gasteiger partial charge in [0.05, 0.1) is 11.2 Å². The average molecular weight is 283 g/mol. The SMILES string of the molecule is Cc1ccc(F)c(C(N)Cc2nn(C)c3ccccc23)c1. The minimum atomic E-state index is -0.400. The summed E-state index contributed by atoms with van der Waals surface area (Å²) < 4.78 is 15.8. The molecule has 3 rings (SSSR count). The summed E-state index contributed by atoms with van der Waals surface area (Å²) in [5.74, 6) is -0.256. The van der Waals surface area contributed by atoms with Crippen molar-refractivity contribution < 1.29 is 4.39 Å². The molecular weight excluding hydrogens is 265 g/mol. The Morgan fingerprint density at radius 3 is 2.81 bits per heavy atom. The quantitative estimate of drug-likeness (QED) is 0.801. The lowest BCUT2D eigenvalue weighted by Gasteiger charge is -2.12. The molecule has 0 saturated heterocycles. The highest BCUT2D eigenvalue weighted by atomic mass is 19.1. The Bertz CT molecular complexity index is 792.